The summed E-state index contributed by atoms with van der Waals surface area (Å²) >= 11 is 0. The summed E-state index contributed by atoms with van der Waals surface area (Å²) < 4.78 is 8.22. The second-order valence-corrected chi connectivity index (χ2v) is 9.31. The number of aromatic nitrogens is 6. The first-order chi connectivity index (χ1) is 18.0. The molecule has 0 saturated carbocycles. The highest BCUT2D eigenvalue weighted by Crippen LogP contribution is 2.41. The van der Waals surface area contributed by atoms with Gasteiger partial charge in [-0.05, 0) is 62.2 Å². The number of amides is 1. The summed E-state index contributed by atoms with van der Waals surface area (Å²) in [4.78, 5) is 31.4. The molecule has 1 unspecified atom stereocenters. The van der Waals surface area contributed by atoms with E-state index in [-0.39, 0.29) is 11.9 Å². The maximum absolute atomic E-state index is 12.4. The minimum Gasteiger partial charge on any atom is -0.457 e. The minimum atomic E-state index is -0.0561. The average Bonchev–Trinajstić information content (AvgIpc) is 3.62. The lowest BCUT2D eigenvalue weighted by Gasteiger charge is -2.25. The molecule has 0 aliphatic carbocycles. The molecule has 4 heterocycles. The molecule has 0 radical (unpaired) electrons. The van der Waals surface area contributed by atoms with E-state index < -0.39 is 0 Å². The van der Waals surface area contributed by atoms with E-state index >= 15 is 0 Å². The van der Waals surface area contributed by atoms with Crippen LogP contribution in [0.2, 0.25) is 0 Å². The molecule has 1 N–H and O–H groups in total. The number of hydrogen-bond donors (Lipinski definition) is 1. The molecule has 186 valence electrons. The van der Waals surface area contributed by atoms with Crippen LogP contribution in [0.25, 0.3) is 33.9 Å². The molecule has 9 nitrogen and oxygen atoms in total. The van der Waals surface area contributed by atoms with Crippen LogP contribution in [0, 0.1) is 6.92 Å². The van der Waals surface area contributed by atoms with Gasteiger partial charge in [-0.15, -0.1) is 0 Å². The Labute approximate surface area is 214 Å². The van der Waals surface area contributed by atoms with Crippen LogP contribution in [0.3, 0.4) is 0 Å². The van der Waals surface area contributed by atoms with Crippen molar-refractivity contribution >= 4 is 16.9 Å². The molecule has 1 aliphatic rings. The lowest BCUT2D eigenvalue weighted by atomic mass is 10.0. The smallest absolute Gasteiger partial charge is 0.219 e. The first kappa shape index (κ1) is 22.9. The third-order valence-corrected chi connectivity index (χ3v) is 6.75. The van der Waals surface area contributed by atoms with Crippen molar-refractivity contribution in [2.45, 2.75) is 32.7 Å². The monoisotopic (exact) mass is 493 g/mol. The highest BCUT2D eigenvalue weighted by atomic mass is 16.5. The predicted molar refractivity (Wildman–Crippen MR) is 140 cm³/mol. The molecular weight excluding hydrogens is 466 g/mol. The summed E-state index contributed by atoms with van der Waals surface area (Å²) in [6.45, 7) is 4.24. The molecule has 9 heteroatoms. The third-order valence-electron chi connectivity index (χ3n) is 6.75. The van der Waals surface area contributed by atoms with Gasteiger partial charge in [-0.1, -0.05) is 6.07 Å². The van der Waals surface area contributed by atoms with Crippen LogP contribution >= 0.6 is 0 Å². The van der Waals surface area contributed by atoms with Crippen molar-refractivity contribution in [3.05, 3.63) is 72.2 Å². The van der Waals surface area contributed by atoms with Gasteiger partial charge < -0.3 is 14.6 Å². The largest absolute Gasteiger partial charge is 0.457 e. The van der Waals surface area contributed by atoms with Crippen molar-refractivity contribution in [2.24, 2.45) is 7.05 Å². The molecule has 1 saturated heterocycles. The first-order valence-electron chi connectivity index (χ1n) is 12.3. The van der Waals surface area contributed by atoms with Crippen LogP contribution < -0.4 is 4.74 Å². The Balaban J connectivity index is 1.40. The van der Waals surface area contributed by atoms with Gasteiger partial charge >= 0.3 is 0 Å². The lowest BCUT2D eigenvalue weighted by molar-refractivity contribution is -0.129. The number of nitrogens with zero attached hydrogens (tertiary/aromatic N) is 6. The van der Waals surface area contributed by atoms with Crippen molar-refractivity contribution < 1.29 is 9.53 Å². The number of H-pyrrole nitrogens is 1. The number of aromatic amines is 1. The topological polar surface area (TPSA) is 102 Å². The number of benzene rings is 2. The number of carbonyl (C=O) groups is 1. The van der Waals surface area contributed by atoms with E-state index in [0.717, 1.165) is 58.9 Å². The molecule has 1 atom stereocenters. The van der Waals surface area contributed by atoms with Gasteiger partial charge in [0.2, 0.25) is 5.91 Å². The highest BCUT2D eigenvalue weighted by molar-refractivity contribution is 5.82. The Bertz CT molecular complexity index is 1590. The second kappa shape index (κ2) is 9.16. The normalized spacial score (nSPS) is 15.4. The van der Waals surface area contributed by atoms with Gasteiger partial charge in [0.1, 0.15) is 23.0 Å². The van der Waals surface area contributed by atoms with E-state index in [1.807, 2.05) is 67.4 Å². The summed E-state index contributed by atoms with van der Waals surface area (Å²) in [5.74, 6) is 3.66. The Morgan fingerprint density at radius 2 is 1.95 bits per heavy atom. The van der Waals surface area contributed by atoms with Gasteiger partial charge in [-0.2, -0.15) is 5.10 Å². The number of hydrogen-bond acceptors (Lipinski definition) is 6. The molecule has 37 heavy (non-hydrogen) atoms. The van der Waals surface area contributed by atoms with Crippen molar-refractivity contribution in [3.63, 3.8) is 0 Å². The van der Waals surface area contributed by atoms with Crippen LogP contribution in [-0.2, 0) is 11.8 Å². The van der Waals surface area contributed by atoms with Gasteiger partial charge in [0.15, 0.2) is 11.6 Å². The molecule has 5 aromatic rings. The molecular formula is C28H27N7O2. The molecule has 0 bridgehead atoms. The standard InChI is InChI=1S/C28H27N7O2/c1-17-30-28(34(3)33-17)19-9-11-20(12-10-19)37-26-16-24-23(31-27(32-24)22-7-4-5-13-29-22)15-21(26)25-8-6-14-35(25)18(2)36/h4-5,7,9-13,15-16,25H,6,8,14H2,1-3H3,(H,31,32). The van der Waals surface area contributed by atoms with Crippen molar-refractivity contribution in [2.75, 3.05) is 6.54 Å². The minimum absolute atomic E-state index is 0.0561. The second-order valence-electron chi connectivity index (χ2n) is 9.31. The zero-order chi connectivity index (χ0) is 25.5. The van der Waals surface area contributed by atoms with Crippen molar-refractivity contribution in [3.8, 4) is 34.4 Å². The first-order valence-corrected chi connectivity index (χ1v) is 12.3. The van der Waals surface area contributed by atoms with Crippen LogP contribution in [0.5, 0.6) is 11.5 Å². The van der Waals surface area contributed by atoms with Gasteiger partial charge in [0.25, 0.3) is 0 Å². The van der Waals surface area contributed by atoms with Crippen LogP contribution in [0.15, 0.2) is 60.8 Å². The summed E-state index contributed by atoms with van der Waals surface area (Å²) in [6.07, 6.45) is 3.58. The lowest BCUT2D eigenvalue weighted by Crippen LogP contribution is -2.28. The molecule has 1 aliphatic heterocycles. The fourth-order valence-electron chi connectivity index (χ4n) is 5.06. The summed E-state index contributed by atoms with van der Waals surface area (Å²) in [5.41, 5.74) is 4.34. The van der Waals surface area contributed by atoms with Crippen molar-refractivity contribution in [1.29, 1.82) is 0 Å². The van der Waals surface area contributed by atoms with Crippen LogP contribution in [-0.4, -0.2) is 47.1 Å². The summed E-state index contributed by atoms with van der Waals surface area (Å²) in [5, 5.41) is 4.34. The summed E-state index contributed by atoms with van der Waals surface area (Å²) in [7, 11) is 1.88. The highest BCUT2D eigenvalue weighted by Gasteiger charge is 2.31. The number of rotatable bonds is 5. The maximum Gasteiger partial charge on any atom is 0.219 e. The van der Waals surface area contributed by atoms with E-state index in [9.17, 15) is 4.79 Å². The van der Waals surface area contributed by atoms with E-state index in [2.05, 4.69) is 26.1 Å². The van der Waals surface area contributed by atoms with Crippen LogP contribution in [0.1, 0.15) is 37.2 Å². The van der Waals surface area contributed by atoms with Gasteiger partial charge in [-0.25, -0.2) is 14.6 Å². The number of aryl methyl sites for hydroxylation is 2. The Kier molecular flexibility index (Phi) is 5.67. The van der Waals surface area contributed by atoms with E-state index in [1.54, 1.807) is 17.8 Å². The number of fused-ring (bicyclic) bond motifs is 1. The molecule has 1 fully saturated rings. The number of likely N-dealkylation sites (tertiary alicyclic amines) is 1. The van der Waals surface area contributed by atoms with E-state index in [0.29, 0.717) is 17.3 Å². The molecule has 3 aromatic heterocycles. The van der Waals surface area contributed by atoms with Crippen LogP contribution in [0.4, 0.5) is 0 Å². The number of imidazole rings is 1. The zero-order valence-corrected chi connectivity index (χ0v) is 21.0. The fourth-order valence-corrected chi connectivity index (χ4v) is 5.06. The van der Waals surface area contributed by atoms with E-state index in [4.69, 9.17) is 9.72 Å². The maximum atomic E-state index is 12.4. The Morgan fingerprint density at radius 3 is 2.65 bits per heavy atom. The van der Waals surface area contributed by atoms with Crippen molar-refractivity contribution in [1.82, 2.24) is 34.6 Å². The predicted octanol–water partition coefficient (Wildman–Crippen LogP) is 5.20. The molecule has 1 amide bonds. The average molecular weight is 494 g/mol. The van der Waals surface area contributed by atoms with Gasteiger partial charge in [0.05, 0.1) is 17.1 Å². The molecule has 2 aromatic carbocycles. The fraction of sp³-hybridized carbons (Fsp3) is 0.250. The van der Waals surface area contributed by atoms with E-state index in [1.165, 1.54) is 0 Å². The van der Waals surface area contributed by atoms with Gasteiger partial charge in [-0.3, -0.25) is 9.78 Å². The summed E-state index contributed by atoms with van der Waals surface area (Å²) in [6, 6.07) is 17.5. The number of ether oxygens (including phenoxy) is 1. The number of pyridine rings is 1. The SMILES string of the molecule is CC(=O)N1CCCC1c1cc2[nH]c(-c3ccccn3)nc2cc1Oc1ccc(-c2nc(C)nn2C)cc1. The third kappa shape index (κ3) is 4.33. The molecule has 6 rings (SSSR count). The molecule has 0 spiro atoms. The zero-order valence-electron chi connectivity index (χ0n) is 21.0. The van der Waals surface area contributed by atoms with Gasteiger partial charge in [0, 0.05) is 43.9 Å². The number of nitrogens with one attached hydrogen (secondary N) is 1. The Hall–Kier alpha value is -4.53. The Morgan fingerprint density at radius 1 is 1.11 bits per heavy atom. The quantitative estimate of drug-likeness (QED) is 0.361. The number of carbonyl (C=O) groups excluding carboxylic acids is 1.